The molecule has 9 heteroatoms. The molecule has 0 saturated carbocycles. The van der Waals surface area contributed by atoms with Crippen LogP contribution in [0.25, 0.3) is 0 Å². The smallest absolute Gasteiger partial charge is 0.251 e. The molecule has 3 aliphatic heterocycles. The largest absolute Gasteiger partial charge is 0.351 e. The molecule has 1 aromatic rings. The van der Waals surface area contributed by atoms with Gasteiger partial charge in [0.25, 0.3) is 5.91 Å². The first kappa shape index (κ1) is 21.6. The molecular weight excluding hydrogens is 420 g/mol. The van der Waals surface area contributed by atoms with E-state index >= 15 is 0 Å². The Bertz CT molecular complexity index is 907. The Hall–Kier alpha value is -1.58. The number of sulfone groups is 1. The molecule has 0 bridgehead atoms. The van der Waals surface area contributed by atoms with Crippen LogP contribution in [-0.4, -0.2) is 72.4 Å². The lowest BCUT2D eigenvalue weighted by molar-refractivity contribution is 0.0889. The minimum atomic E-state index is -2.94. The summed E-state index contributed by atoms with van der Waals surface area (Å²) in [5.41, 5.74) is 1.47. The van der Waals surface area contributed by atoms with Crippen LogP contribution < -0.4 is 10.6 Å². The molecule has 3 aliphatic rings. The summed E-state index contributed by atoms with van der Waals surface area (Å²) in [6.45, 7) is 6.06. The lowest BCUT2D eigenvalue weighted by Gasteiger charge is -2.39. The van der Waals surface area contributed by atoms with E-state index < -0.39 is 9.84 Å². The van der Waals surface area contributed by atoms with Crippen molar-refractivity contribution in [3.05, 3.63) is 29.8 Å². The summed E-state index contributed by atoms with van der Waals surface area (Å²) in [5, 5.41) is 7.04. The number of fused-ring (bicyclic) bond motifs is 1. The van der Waals surface area contributed by atoms with E-state index in [1.807, 2.05) is 12.1 Å². The van der Waals surface area contributed by atoms with Crippen LogP contribution in [0.4, 0.5) is 5.69 Å². The molecule has 4 rings (SSSR count). The summed E-state index contributed by atoms with van der Waals surface area (Å²) in [4.78, 5) is 19.4. The molecule has 164 valence electrons. The first-order chi connectivity index (χ1) is 14.3. The number of likely N-dealkylation sites (tertiary alicyclic amines) is 1. The lowest BCUT2D eigenvalue weighted by atomic mass is 9.98. The van der Waals surface area contributed by atoms with Crippen molar-refractivity contribution < 1.29 is 13.2 Å². The third-order valence-corrected chi connectivity index (χ3v) is 9.39. The highest BCUT2D eigenvalue weighted by atomic mass is 32.2. The summed E-state index contributed by atoms with van der Waals surface area (Å²) in [6, 6.07) is 8.33. The van der Waals surface area contributed by atoms with Crippen molar-refractivity contribution >= 4 is 38.4 Å². The summed E-state index contributed by atoms with van der Waals surface area (Å²) in [7, 11) is -2.94. The summed E-state index contributed by atoms with van der Waals surface area (Å²) >= 11 is 1.49. The van der Waals surface area contributed by atoms with Gasteiger partial charge in [-0.1, -0.05) is 18.2 Å². The molecule has 30 heavy (non-hydrogen) atoms. The summed E-state index contributed by atoms with van der Waals surface area (Å²) in [5.74, 6) is 0.279. The van der Waals surface area contributed by atoms with Crippen molar-refractivity contribution in [1.82, 2.24) is 10.2 Å². The Labute approximate surface area is 183 Å². The third-order valence-electron chi connectivity index (χ3n) is 6.25. The highest BCUT2D eigenvalue weighted by molar-refractivity contribution is 8.15. The second kappa shape index (κ2) is 8.88. The second-order valence-electron chi connectivity index (χ2n) is 8.56. The number of hydrogen-bond acceptors (Lipinski definition) is 7. The molecule has 2 saturated heterocycles. The molecular formula is C21H30N4O3S2. The van der Waals surface area contributed by atoms with Gasteiger partial charge in [0.15, 0.2) is 15.0 Å². The number of rotatable bonds is 5. The monoisotopic (exact) mass is 450 g/mol. The van der Waals surface area contributed by atoms with E-state index in [1.165, 1.54) is 31.0 Å². The third kappa shape index (κ3) is 5.00. The maximum Gasteiger partial charge on any atom is 0.251 e. The normalized spacial score (nSPS) is 30.5. The van der Waals surface area contributed by atoms with E-state index in [1.54, 1.807) is 12.1 Å². The average Bonchev–Trinajstić information content (AvgIpc) is 3.17. The Balaban J connectivity index is 1.26. The van der Waals surface area contributed by atoms with Gasteiger partial charge in [-0.25, -0.2) is 8.42 Å². The van der Waals surface area contributed by atoms with Crippen molar-refractivity contribution in [3.63, 3.8) is 0 Å². The molecule has 0 unspecified atom stereocenters. The van der Waals surface area contributed by atoms with Crippen LogP contribution in [-0.2, 0) is 9.84 Å². The zero-order valence-corrected chi connectivity index (χ0v) is 19.1. The van der Waals surface area contributed by atoms with Gasteiger partial charge in [-0.3, -0.25) is 14.7 Å². The highest BCUT2D eigenvalue weighted by Crippen LogP contribution is 2.34. The predicted molar refractivity (Wildman–Crippen MR) is 123 cm³/mol. The fraction of sp³-hybridized carbons (Fsp3) is 0.619. The Morgan fingerprint density at radius 3 is 2.53 bits per heavy atom. The summed E-state index contributed by atoms with van der Waals surface area (Å²) in [6.07, 6.45) is 3.75. The minimum Gasteiger partial charge on any atom is -0.351 e. The standard InChI is InChI=1S/C21H30N4O3S2/c1-14-4-3-5-15(2)25(14)11-10-22-20(26)16-6-8-17(9-7-16)23-21-24-18-12-30(27,28)13-19(18)29-21/h6-9,14-15,18-19H,3-5,10-13H2,1-2H3,(H,22,26)(H,23,24)/t14-,15+,18-,19-/m1/s1. The number of amidine groups is 1. The molecule has 7 nitrogen and oxygen atoms in total. The molecule has 2 fully saturated rings. The predicted octanol–water partition coefficient (Wildman–Crippen LogP) is 2.36. The Kier molecular flexibility index (Phi) is 6.41. The maximum atomic E-state index is 12.5. The van der Waals surface area contributed by atoms with Crippen molar-refractivity contribution in [2.45, 2.75) is 56.5 Å². The van der Waals surface area contributed by atoms with Crippen LogP contribution in [0.5, 0.6) is 0 Å². The number of carbonyl (C=O) groups is 1. The van der Waals surface area contributed by atoms with Crippen LogP contribution in [0.15, 0.2) is 29.3 Å². The van der Waals surface area contributed by atoms with E-state index in [0.717, 1.165) is 17.4 Å². The molecule has 0 aliphatic carbocycles. The van der Waals surface area contributed by atoms with Crippen molar-refractivity contribution in [3.8, 4) is 0 Å². The van der Waals surface area contributed by atoms with Gasteiger partial charge in [-0.05, 0) is 51.0 Å². The topological polar surface area (TPSA) is 90.9 Å². The average molecular weight is 451 g/mol. The highest BCUT2D eigenvalue weighted by Gasteiger charge is 2.42. The number of hydrogen-bond donors (Lipinski definition) is 2. The van der Waals surface area contributed by atoms with Crippen LogP contribution in [0, 0.1) is 0 Å². The first-order valence-corrected chi connectivity index (χ1v) is 13.4. The fourth-order valence-corrected chi connectivity index (χ4v) is 8.24. The molecule has 1 aromatic carbocycles. The molecule has 1 amide bonds. The van der Waals surface area contributed by atoms with E-state index in [9.17, 15) is 13.2 Å². The van der Waals surface area contributed by atoms with E-state index in [2.05, 4.69) is 34.4 Å². The number of thioether (sulfide) groups is 1. The number of amides is 1. The summed E-state index contributed by atoms with van der Waals surface area (Å²) < 4.78 is 23.3. The number of piperidine rings is 1. The van der Waals surface area contributed by atoms with Gasteiger partial charge in [0.05, 0.1) is 17.5 Å². The minimum absolute atomic E-state index is 0.0212. The Morgan fingerprint density at radius 2 is 1.87 bits per heavy atom. The van der Waals surface area contributed by atoms with Crippen LogP contribution >= 0.6 is 11.8 Å². The number of benzene rings is 1. The van der Waals surface area contributed by atoms with Gasteiger partial charge in [0, 0.05) is 41.7 Å². The lowest BCUT2D eigenvalue weighted by Crippen LogP contribution is -2.47. The zero-order chi connectivity index (χ0) is 21.3. The molecule has 0 radical (unpaired) electrons. The number of aliphatic imine (C=N–C) groups is 1. The molecule has 0 aromatic heterocycles. The van der Waals surface area contributed by atoms with E-state index in [4.69, 9.17) is 0 Å². The zero-order valence-electron chi connectivity index (χ0n) is 17.5. The fourth-order valence-electron chi connectivity index (χ4n) is 4.56. The van der Waals surface area contributed by atoms with Crippen LogP contribution in [0.2, 0.25) is 0 Å². The van der Waals surface area contributed by atoms with Crippen molar-refractivity contribution in [1.29, 1.82) is 0 Å². The van der Waals surface area contributed by atoms with Gasteiger partial charge in [-0.2, -0.15) is 0 Å². The molecule has 2 N–H and O–H groups in total. The van der Waals surface area contributed by atoms with Crippen LogP contribution in [0.3, 0.4) is 0 Å². The van der Waals surface area contributed by atoms with E-state index in [-0.39, 0.29) is 28.7 Å². The molecule has 3 heterocycles. The first-order valence-electron chi connectivity index (χ1n) is 10.7. The molecule has 4 atom stereocenters. The molecule has 0 spiro atoms. The quantitative estimate of drug-likeness (QED) is 0.716. The number of nitrogens with one attached hydrogen (secondary N) is 2. The Morgan fingerprint density at radius 1 is 1.17 bits per heavy atom. The number of carbonyl (C=O) groups excluding carboxylic acids is 1. The van der Waals surface area contributed by atoms with Gasteiger partial charge in [0.2, 0.25) is 0 Å². The van der Waals surface area contributed by atoms with Crippen molar-refractivity contribution in [2.24, 2.45) is 4.99 Å². The second-order valence-corrected chi connectivity index (χ2v) is 11.9. The van der Waals surface area contributed by atoms with Gasteiger partial charge < -0.3 is 10.6 Å². The van der Waals surface area contributed by atoms with Gasteiger partial charge in [0.1, 0.15) is 0 Å². The number of nitrogens with zero attached hydrogens (tertiary/aromatic N) is 2. The van der Waals surface area contributed by atoms with E-state index in [0.29, 0.717) is 24.2 Å². The van der Waals surface area contributed by atoms with Gasteiger partial charge in [-0.15, -0.1) is 0 Å². The maximum absolute atomic E-state index is 12.5. The van der Waals surface area contributed by atoms with Crippen molar-refractivity contribution in [2.75, 3.05) is 29.9 Å². The SMILES string of the molecule is C[C@@H]1CCC[C@H](C)N1CCNC(=O)c1ccc(NC2=N[C@@H]3CS(=O)(=O)C[C@H]3S2)cc1. The van der Waals surface area contributed by atoms with Gasteiger partial charge >= 0.3 is 0 Å². The van der Waals surface area contributed by atoms with Crippen LogP contribution in [0.1, 0.15) is 43.5 Å². The number of anilines is 1.